The Morgan fingerprint density at radius 2 is 1.91 bits per heavy atom. The summed E-state index contributed by atoms with van der Waals surface area (Å²) in [6.07, 6.45) is 3.74. The Labute approximate surface area is 194 Å². The number of aryl methyl sites for hydroxylation is 1. The summed E-state index contributed by atoms with van der Waals surface area (Å²) in [7, 11) is 0. The van der Waals surface area contributed by atoms with E-state index in [0.717, 1.165) is 52.0 Å². The topological polar surface area (TPSA) is 74.8 Å². The summed E-state index contributed by atoms with van der Waals surface area (Å²) in [6, 6.07) is 14.5. The number of hydrogen-bond donors (Lipinski definition) is 0. The molecule has 1 aromatic carbocycles. The van der Waals surface area contributed by atoms with Crippen LogP contribution in [-0.2, 0) is 11.3 Å². The van der Waals surface area contributed by atoms with Gasteiger partial charge in [-0.15, -0.1) is 11.3 Å². The summed E-state index contributed by atoms with van der Waals surface area (Å²) in [6.45, 7) is 3.84. The number of thiophene rings is 1. The van der Waals surface area contributed by atoms with Gasteiger partial charge in [0, 0.05) is 24.1 Å². The molecule has 0 amide bonds. The van der Waals surface area contributed by atoms with E-state index >= 15 is 0 Å². The Hall–Kier alpha value is -3.36. The van der Waals surface area contributed by atoms with E-state index < -0.39 is 0 Å². The van der Waals surface area contributed by atoms with E-state index in [1.165, 1.54) is 0 Å². The number of benzene rings is 1. The molecule has 2 aromatic heterocycles. The Balaban J connectivity index is 1.36. The molecular weight excluding hydrogens is 434 g/mol. The third-order valence-corrected chi connectivity index (χ3v) is 7.12. The van der Waals surface area contributed by atoms with Crippen LogP contribution in [0.15, 0.2) is 58.8 Å². The van der Waals surface area contributed by atoms with E-state index in [1.807, 2.05) is 35.3 Å². The molecule has 7 nitrogen and oxygen atoms in total. The van der Waals surface area contributed by atoms with Gasteiger partial charge in [0.2, 0.25) is 0 Å². The van der Waals surface area contributed by atoms with Gasteiger partial charge in [-0.25, -0.2) is 4.68 Å². The van der Waals surface area contributed by atoms with Gasteiger partial charge in [0.15, 0.2) is 5.69 Å². The molecule has 3 aromatic rings. The van der Waals surface area contributed by atoms with Crippen molar-refractivity contribution in [1.82, 2.24) is 24.5 Å². The predicted octanol–water partition coefficient (Wildman–Crippen LogP) is 4.53. The van der Waals surface area contributed by atoms with Crippen molar-refractivity contribution in [3.05, 3.63) is 75.7 Å². The van der Waals surface area contributed by atoms with E-state index in [0.29, 0.717) is 24.5 Å². The summed E-state index contributed by atoms with van der Waals surface area (Å²) in [5.74, 6) is 0. The van der Waals surface area contributed by atoms with Gasteiger partial charge in [0.1, 0.15) is 5.69 Å². The third-order valence-electron chi connectivity index (χ3n) is 6.21. The number of aromatic nitrogens is 5. The van der Waals surface area contributed by atoms with Crippen molar-refractivity contribution in [2.24, 2.45) is 0 Å². The smallest absolute Gasteiger partial charge is 0.297 e. The SMILES string of the molecule is Cc1ccc(-c2ccc(Cn3nc4c(=O)n(C5CCCOC5)nc-4c4sccc43)cc2)cn1. The van der Waals surface area contributed by atoms with Crippen LogP contribution in [0.1, 0.15) is 30.1 Å². The first kappa shape index (κ1) is 20.3. The number of hydrogen-bond acceptors (Lipinski definition) is 6. The van der Waals surface area contributed by atoms with Crippen molar-refractivity contribution < 1.29 is 4.74 Å². The molecule has 8 heteroatoms. The standard InChI is InChI=1S/C25H23N5O2S/c1-16-4-7-19(13-26-16)18-8-5-17(6-9-18)14-29-21-10-12-33-24(21)22-23(27-29)25(31)30(28-22)20-3-2-11-32-15-20/h4-10,12-13,20H,2-3,11,14-15H2,1H3. The van der Waals surface area contributed by atoms with Gasteiger partial charge in [-0.3, -0.25) is 14.5 Å². The number of nitrogens with zero attached hydrogens (tertiary/aromatic N) is 5. The molecule has 1 fully saturated rings. The fraction of sp³-hybridized carbons (Fsp3) is 0.280. The van der Waals surface area contributed by atoms with Crippen LogP contribution in [0.2, 0.25) is 0 Å². The van der Waals surface area contributed by atoms with Gasteiger partial charge >= 0.3 is 0 Å². The molecule has 0 radical (unpaired) electrons. The summed E-state index contributed by atoms with van der Waals surface area (Å²) in [5, 5.41) is 11.5. The minimum Gasteiger partial charge on any atom is -0.379 e. The first-order chi connectivity index (χ1) is 16.2. The molecule has 0 aliphatic carbocycles. The van der Waals surface area contributed by atoms with Crippen molar-refractivity contribution >= 4 is 21.6 Å². The fourth-order valence-electron chi connectivity index (χ4n) is 4.41. The van der Waals surface area contributed by atoms with Crippen LogP contribution in [0.3, 0.4) is 0 Å². The van der Waals surface area contributed by atoms with Gasteiger partial charge in [0.05, 0.1) is 29.4 Å². The maximum Gasteiger partial charge on any atom is 0.297 e. The first-order valence-electron chi connectivity index (χ1n) is 11.1. The second kappa shape index (κ2) is 8.20. The van der Waals surface area contributed by atoms with Crippen LogP contribution >= 0.6 is 11.3 Å². The molecule has 0 N–H and O–H groups in total. The first-order valence-corrected chi connectivity index (χ1v) is 12.0. The zero-order valence-electron chi connectivity index (χ0n) is 18.3. The van der Waals surface area contributed by atoms with Gasteiger partial charge < -0.3 is 4.74 Å². The molecule has 5 heterocycles. The summed E-state index contributed by atoms with van der Waals surface area (Å²) in [5.41, 5.74) is 6.31. The molecular formula is C25H23N5O2S. The Morgan fingerprint density at radius 3 is 2.67 bits per heavy atom. The minimum absolute atomic E-state index is 0.0206. The largest absolute Gasteiger partial charge is 0.379 e. The third kappa shape index (κ3) is 3.65. The number of rotatable bonds is 4. The molecule has 3 aliphatic heterocycles. The Bertz CT molecular complexity index is 1440. The van der Waals surface area contributed by atoms with Crippen LogP contribution in [0.25, 0.3) is 32.7 Å². The quantitative estimate of drug-likeness (QED) is 0.396. The zero-order chi connectivity index (χ0) is 22.4. The van der Waals surface area contributed by atoms with Crippen molar-refractivity contribution in [2.45, 2.75) is 32.4 Å². The molecule has 0 spiro atoms. The highest BCUT2D eigenvalue weighted by molar-refractivity contribution is 7.17. The normalized spacial score (nSPS) is 16.6. The molecule has 0 bridgehead atoms. The lowest BCUT2D eigenvalue weighted by Crippen LogP contribution is -2.29. The van der Waals surface area contributed by atoms with Crippen molar-refractivity contribution in [2.75, 3.05) is 13.2 Å². The van der Waals surface area contributed by atoms with E-state index in [2.05, 4.69) is 40.4 Å². The fourth-order valence-corrected chi connectivity index (χ4v) is 5.29. The lowest BCUT2D eigenvalue weighted by Gasteiger charge is -2.21. The van der Waals surface area contributed by atoms with Crippen molar-refractivity contribution in [1.29, 1.82) is 0 Å². The van der Waals surface area contributed by atoms with Crippen LogP contribution in [0.5, 0.6) is 0 Å². The Morgan fingerprint density at radius 1 is 1.06 bits per heavy atom. The monoisotopic (exact) mass is 457 g/mol. The number of pyridine rings is 1. The van der Waals surface area contributed by atoms with E-state index in [4.69, 9.17) is 9.84 Å². The van der Waals surface area contributed by atoms with E-state index in [-0.39, 0.29) is 11.6 Å². The van der Waals surface area contributed by atoms with Gasteiger partial charge in [-0.1, -0.05) is 30.3 Å². The molecule has 33 heavy (non-hydrogen) atoms. The average Bonchev–Trinajstić information content (AvgIpc) is 3.46. The Kier molecular flexibility index (Phi) is 5.04. The summed E-state index contributed by atoms with van der Waals surface area (Å²) in [4.78, 5) is 17.6. The van der Waals surface area contributed by atoms with Gasteiger partial charge in [-0.05, 0) is 48.4 Å². The highest BCUT2D eigenvalue weighted by atomic mass is 32.1. The lowest BCUT2D eigenvalue weighted by molar-refractivity contribution is 0.0540. The molecule has 1 saturated heterocycles. The molecule has 166 valence electrons. The zero-order valence-corrected chi connectivity index (χ0v) is 19.1. The van der Waals surface area contributed by atoms with E-state index in [1.54, 1.807) is 16.0 Å². The average molecular weight is 458 g/mol. The summed E-state index contributed by atoms with van der Waals surface area (Å²) < 4.78 is 10.1. The summed E-state index contributed by atoms with van der Waals surface area (Å²) >= 11 is 1.60. The maximum atomic E-state index is 13.2. The van der Waals surface area contributed by atoms with Gasteiger partial charge in [0.25, 0.3) is 5.56 Å². The highest BCUT2D eigenvalue weighted by Crippen LogP contribution is 2.31. The molecule has 0 saturated carbocycles. The second-order valence-corrected chi connectivity index (χ2v) is 9.41. The lowest BCUT2D eigenvalue weighted by atomic mass is 10.1. The minimum atomic E-state index is -0.133. The van der Waals surface area contributed by atoms with E-state index in [9.17, 15) is 4.79 Å². The molecule has 1 unspecified atom stereocenters. The highest BCUT2D eigenvalue weighted by Gasteiger charge is 2.27. The molecule has 1 atom stereocenters. The van der Waals surface area contributed by atoms with Crippen LogP contribution < -0.4 is 5.56 Å². The van der Waals surface area contributed by atoms with Crippen molar-refractivity contribution in [3.63, 3.8) is 0 Å². The van der Waals surface area contributed by atoms with Crippen LogP contribution in [0, 0.1) is 6.92 Å². The second-order valence-electron chi connectivity index (χ2n) is 8.50. The molecule has 6 rings (SSSR count). The van der Waals surface area contributed by atoms with Crippen LogP contribution in [0.4, 0.5) is 0 Å². The van der Waals surface area contributed by atoms with Crippen LogP contribution in [-0.4, -0.2) is 37.8 Å². The number of ether oxygens (including phenoxy) is 1. The predicted molar refractivity (Wildman–Crippen MR) is 129 cm³/mol. The number of fused-ring (bicyclic) bond motifs is 3. The van der Waals surface area contributed by atoms with Crippen molar-refractivity contribution in [3.8, 4) is 22.5 Å². The van der Waals surface area contributed by atoms with Gasteiger partial charge in [-0.2, -0.15) is 10.2 Å². The molecule has 3 aliphatic rings. The maximum absolute atomic E-state index is 13.2.